The molecule has 0 aromatic heterocycles. The molecule has 1 amide bonds. The van der Waals surface area contributed by atoms with Crippen LogP contribution in [0, 0.1) is 0 Å². The Bertz CT molecular complexity index is 716. The van der Waals surface area contributed by atoms with Gasteiger partial charge in [0.05, 0.1) is 11.3 Å². The van der Waals surface area contributed by atoms with Crippen LogP contribution in [0.15, 0.2) is 18.2 Å². The first-order valence-electron chi connectivity index (χ1n) is 7.75. The molecule has 0 bridgehead atoms. The van der Waals surface area contributed by atoms with E-state index in [4.69, 9.17) is 4.74 Å². The summed E-state index contributed by atoms with van der Waals surface area (Å²) in [5, 5.41) is 0. The van der Waals surface area contributed by atoms with Crippen LogP contribution in [0.1, 0.15) is 41.5 Å². The predicted molar refractivity (Wildman–Crippen MR) is 105 cm³/mol. The fourth-order valence-corrected chi connectivity index (χ4v) is 3.83. The summed E-state index contributed by atoms with van der Waals surface area (Å²) in [6.45, 7) is 4.94. The molecule has 7 nitrogen and oxygen atoms in total. The van der Waals surface area contributed by atoms with Crippen molar-refractivity contribution in [3.63, 3.8) is 0 Å². The van der Waals surface area contributed by atoms with Crippen molar-refractivity contribution in [3.05, 3.63) is 29.3 Å². The maximum atomic E-state index is 12.9. The molecule has 0 spiro atoms. The van der Waals surface area contributed by atoms with Crippen molar-refractivity contribution in [1.29, 1.82) is 0 Å². The number of esters is 1. The second-order valence-electron chi connectivity index (χ2n) is 6.47. The number of benzene rings is 1. The molecule has 1 aromatic carbocycles. The number of carbonyl (C=O) groups excluding carboxylic acids is 3. The molecule has 0 saturated carbocycles. The van der Waals surface area contributed by atoms with Crippen LogP contribution in [-0.2, 0) is 20.5 Å². The highest BCUT2D eigenvalue weighted by molar-refractivity contribution is 8.11. The topological polar surface area (TPSA) is 84.0 Å². The van der Waals surface area contributed by atoms with Gasteiger partial charge in [-0.05, 0) is 38.8 Å². The zero-order valence-corrected chi connectivity index (χ0v) is 17.4. The van der Waals surface area contributed by atoms with Crippen molar-refractivity contribution in [2.75, 3.05) is 29.8 Å². The van der Waals surface area contributed by atoms with Gasteiger partial charge in [-0.2, -0.15) is 0 Å². The average Bonchev–Trinajstić information content (AvgIpc) is 2.52. The lowest BCUT2D eigenvalue weighted by Crippen LogP contribution is -2.37. The molecule has 0 fully saturated rings. The minimum absolute atomic E-state index is 0.0955. The number of carbonyl (C=O) groups is 3. The minimum atomic E-state index is -1.41. The van der Waals surface area contributed by atoms with Crippen molar-refractivity contribution >= 4 is 46.8 Å². The molecule has 1 aromatic rings. The molecule has 0 aliphatic carbocycles. The van der Waals surface area contributed by atoms with Crippen molar-refractivity contribution in [2.45, 2.75) is 26.4 Å². The van der Waals surface area contributed by atoms with Gasteiger partial charge < -0.3 is 9.64 Å². The van der Waals surface area contributed by atoms with Gasteiger partial charge in [-0.25, -0.2) is 7.92 Å². The van der Waals surface area contributed by atoms with Crippen LogP contribution in [0.2, 0.25) is 0 Å². The molecular weight excluding hydrogens is 376 g/mol. The number of aldehydes is 1. The summed E-state index contributed by atoms with van der Waals surface area (Å²) in [4.78, 5) is 37.5. The standard InChI is InChI=1S/C17H24N2O5S2/c1-17(2,3)24-14(21)10-18(4)16(22)15-12(11-20)8-7-9-13(15)19(25-5)26(6)23/h7-9,11H,10H2,1-6H3. The van der Waals surface area contributed by atoms with Crippen molar-refractivity contribution in [3.8, 4) is 0 Å². The van der Waals surface area contributed by atoms with Gasteiger partial charge >= 0.3 is 5.97 Å². The Morgan fingerprint density at radius 1 is 1.31 bits per heavy atom. The van der Waals surface area contributed by atoms with Crippen molar-refractivity contribution in [2.24, 2.45) is 0 Å². The maximum absolute atomic E-state index is 12.9. The van der Waals surface area contributed by atoms with Gasteiger partial charge in [0, 0.05) is 25.1 Å². The van der Waals surface area contributed by atoms with Crippen LogP contribution >= 0.6 is 11.9 Å². The van der Waals surface area contributed by atoms with E-state index in [1.807, 2.05) is 0 Å². The van der Waals surface area contributed by atoms with Gasteiger partial charge in [0.25, 0.3) is 5.91 Å². The predicted octanol–water partition coefficient (Wildman–Crippen LogP) is 2.29. The van der Waals surface area contributed by atoms with Gasteiger partial charge in [-0.1, -0.05) is 12.1 Å². The van der Waals surface area contributed by atoms with E-state index in [0.29, 0.717) is 12.0 Å². The summed E-state index contributed by atoms with van der Waals surface area (Å²) in [6, 6.07) is 4.72. The molecule has 0 N–H and O–H groups in total. The number of ether oxygens (including phenoxy) is 1. The molecule has 1 atom stereocenters. The highest BCUT2D eigenvalue weighted by atomic mass is 32.2. The van der Waals surface area contributed by atoms with Crippen LogP contribution < -0.4 is 3.71 Å². The summed E-state index contributed by atoms with van der Waals surface area (Å²) in [5.74, 6) is -1.09. The van der Waals surface area contributed by atoms with E-state index in [2.05, 4.69) is 0 Å². The maximum Gasteiger partial charge on any atom is 0.326 e. The van der Waals surface area contributed by atoms with Crippen LogP contribution in [0.25, 0.3) is 0 Å². The van der Waals surface area contributed by atoms with E-state index in [-0.39, 0.29) is 17.7 Å². The lowest BCUT2D eigenvalue weighted by molar-refractivity contribution is -0.155. The molecule has 9 heteroatoms. The van der Waals surface area contributed by atoms with E-state index in [1.54, 1.807) is 39.2 Å². The molecular formula is C17H24N2O5S2. The minimum Gasteiger partial charge on any atom is -0.459 e. The molecule has 0 heterocycles. The summed E-state index contributed by atoms with van der Waals surface area (Å²) in [5.41, 5.74) is -0.0585. The third-order valence-electron chi connectivity index (χ3n) is 3.14. The van der Waals surface area contributed by atoms with Gasteiger partial charge in [0.1, 0.15) is 23.1 Å². The first-order chi connectivity index (χ1) is 12.0. The summed E-state index contributed by atoms with van der Waals surface area (Å²) in [7, 11) is 0.0376. The average molecular weight is 401 g/mol. The van der Waals surface area contributed by atoms with Crippen LogP contribution in [0.5, 0.6) is 0 Å². The Morgan fingerprint density at radius 2 is 1.92 bits per heavy atom. The first-order valence-corrected chi connectivity index (χ1v) is 10.4. The molecule has 144 valence electrons. The van der Waals surface area contributed by atoms with E-state index in [9.17, 15) is 18.6 Å². The molecule has 1 rings (SSSR count). The molecule has 0 aliphatic rings. The second kappa shape index (κ2) is 9.18. The van der Waals surface area contributed by atoms with Crippen molar-refractivity contribution in [1.82, 2.24) is 4.90 Å². The Balaban J connectivity index is 3.23. The smallest absolute Gasteiger partial charge is 0.326 e. The van der Waals surface area contributed by atoms with Crippen molar-refractivity contribution < 1.29 is 23.3 Å². The third kappa shape index (κ3) is 5.84. The number of anilines is 1. The van der Waals surface area contributed by atoms with E-state index < -0.39 is 28.5 Å². The van der Waals surface area contributed by atoms with E-state index in [1.165, 1.54) is 39.9 Å². The molecule has 0 aliphatic heterocycles. The number of hydrogen-bond donors (Lipinski definition) is 0. The fourth-order valence-electron chi connectivity index (χ4n) is 2.21. The number of rotatable bonds is 7. The monoisotopic (exact) mass is 400 g/mol. The van der Waals surface area contributed by atoms with Crippen LogP contribution in [-0.4, -0.2) is 59.0 Å². The van der Waals surface area contributed by atoms with Gasteiger partial charge in [-0.15, -0.1) is 0 Å². The molecule has 0 radical (unpaired) electrons. The fraction of sp³-hybridized carbons (Fsp3) is 0.471. The zero-order chi connectivity index (χ0) is 20.1. The highest BCUT2D eigenvalue weighted by Crippen LogP contribution is 2.29. The largest absolute Gasteiger partial charge is 0.459 e. The first kappa shape index (κ1) is 22.2. The SMILES string of the molecule is CSN(c1cccc(C=O)c1C(=O)N(C)CC(=O)OC(C)(C)C)S(C)=O. The van der Waals surface area contributed by atoms with E-state index >= 15 is 0 Å². The summed E-state index contributed by atoms with van der Waals surface area (Å²) >= 11 is 1.17. The molecule has 0 saturated heterocycles. The van der Waals surface area contributed by atoms with Gasteiger partial charge in [-0.3, -0.25) is 14.4 Å². The lowest BCUT2D eigenvalue weighted by Gasteiger charge is -2.25. The Morgan fingerprint density at radius 3 is 2.38 bits per heavy atom. The number of nitrogens with zero attached hydrogens (tertiary/aromatic N) is 2. The van der Waals surface area contributed by atoms with Gasteiger partial charge in [0.15, 0.2) is 6.29 Å². The third-order valence-corrected chi connectivity index (χ3v) is 5.41. The summed E-state index contributed by atoms with van der Waals surface area (Å²) < 4.78 is 18.6. The van der Waals surface area contributed by atoms with Crippen LogP contribution in [0.4, 0.5) is 5.69 Å². The Labute approximate surface area is 160 Å². The number of hydrogen-bond acceptors (Lipinski definition) is 6. The summed E-state index contributed by atoms with van der Waals surface area (Å²) in [6.07, 6.45) is 3.76. The number of amides is 1. The highest BCUT2D eigenvalue weighted by Gasteiger charge is 2.26. The van der Waals surface area contributed by atoms with Gasteiger partial charge in [0.2, 0.25) is 0 Å². The Hall–Kier alpha value is -1.87. The lowest BCUT2D eigenvalue weighted by atomic mass is 10.1. The Kier molecular flexibility index (Phi) is 7.83. The zero-order valence-electron chi connectivity index (χ0n) is 15.8. The second-order valence-corrected chi connectivity index (χ2v) is 8.64. The van der Waals surface area contributed by atoms with Crippen LogP contribution in [0.3, 0.4) is 0 Å². The molecule has 26 heavy (non-hydrogen) atoms. The van der Waals surface area contributed by atoms with E-state index in [0.717, 1.165) is 0 Å². The quantitative estimate of drug-likeness (QED) is 0.397. The molecule has 1 unspecified atom stereocenters. The number of likely N-dealkylation sites (N-methyl/N-ethyl adjacent to an activating group) is 1. The normalized spacial score (nSPS) is 12.2.